The highest BCUT2D eigenvalue weighted by atomic mass is 16.5. The van der Waals surface area contributed by atoms with E-state index < -0.39 is 0 Å². The van der Waals surface area contributed by atoms with Crippen molar-refractivity contribution in [3.8, 4) is 11.6 Å². The van der Waals surface area contributed by atoms with E-state index in [9.17, 15) is 0 Å². The number of aromatic nitrogens is 3. The topological polar surface area (TPSA) is 84.3 Å². The van der Waals surface area contributed by atoms with E-state index in [2.05, 4.69) is 39.0 Å². The third-order valence-electron chi connectivity index (χ3n) is 3.58. The zero-order valence-electron chi connectivity index (χ0n) is 11.7. The Kier molecular flexibility index (Phi) is 3.37. The quantitative estimate of drug-likeness (QED) is 0.859. The Morgan fingerprint density at radius 3 is 2.90 bits per heavy atom. The average Bonchev–Trinajstić information content (AvgIpc) is 2.91. The summed E-state index contributed by atoms with van der Waals surface area (Å²) in [6, 6.07) is 5.50. The molecular weight excluding hydrogens is 256 g/mol. The number of rotatable bonds is 2. The van der Waals surface area contributed by atoms with Crippen LogP contribution in [0.3, 0.4) is 0 Å². The summed E-state index contributed by atoms with van der Waals surface area (Å²) in [5.74, 6) is 1.55. The first-order chi connectivity index (χ1) is 9.63. The van der Waals surface area contributed by atoms with Gasteiger partial charge in [0.1, 0.15) is 11.5 Å². The Bertz CT molecular complexity index is 598. The highest BCUT2D eigenvalue weighted by Crippen LogP contribution is 2.23. The molecule has 1 fully saturated rings. The molecule has 0 spiro atoms. The fourth-order valence-corrected chi connectivity index (χ4v) is 2.33. The third kappa shape index (κ3) is 2.50. The molecule has 0 bridgehead atoms. The Morgan fingerprint density at radius 1 is 1.25 bits per heavy atom. The van der Waals surface area contributed by atoms with Crippen molar-refractivity contribution in [3.05, 3.63) is 24.0 Å². The Labute approximate surface area is 117 Å². The second kappa shape index (κ2) is 5.18. The van der Waals surface area contributed by atoms with Crippen LogP contribution in [0, 0.1) is 0 Å². The van der Waals surface area contributed by atoms with Gasteiger partial charge in [-0.2, -0.15) is 4.98 Å². The number of hydrogen-bond acceptors (Lipinski definition) is 7. The number of anilines is 1. The van der Waals surface area contributed by atoms with E-state index in [1.54, 1.807) is 6.07 Å². The first-order valence-corrected chi connectivity index (χ1v) is 6.59. The smallest absolute Gasteiger partial charge is 0.276 e. The van der Waals surface area contributed by atoms with E-state index in [-0.39, 0.29) is 6.04 Å². The lowest BCUT2D eigenvalue weighted by Gasteiger charge is -2.35. The number of hydrogen-bond donors (Lipinski definition) is 1. The number of likely N-dealkylation sites (N-methyl/N-ethyl adjacent to an activating group) is 2. The van der Waals surface area contributed by atoms with Crippen molar-refractivity contribution in [3.63, 3.8) is 0 Å². The van der Waals surface area contributed by atoms with Crippen molar-refractivity contribution in [1.82, 2.24) is 24.9 Å². The van der Waals surface area contributed by atoms with Crippen LogP contribution in [0.15, 0.2) is 22.7 Å². The van der Waals surface area contributed by atoms with E-state index in [1.165, 1.54) is 0 Å². The maximum absolute atomic E-state index is 5.67. The van der Waals surface area contributed by atoms with E-state index in [0.29, 0.717) is 23.2 Å². The zero-order chi connectivity index (χ0) is 14.1. The number of piperazine rings is 1. The first-order valence-electron chi connectivity index (χ1n) is 6.59. The summed E-state index contributed by atoms with van der Waals surface area (Å²) in [5.41, 5.74) is 6.28. The van der Waals surface area contributed by atoms with Crippen molar-refractivity contribution in [2.45, 2.75) is 6.04 Å². The predicted octanol–water partition coefficient (Wildman–Crippen LogP) is 0.632. The molecule has 0 radical (unpaired) electrons. The maximum atomic E-state index is 5.67. The second-order valence-electron chi connectivity index (χ2n) is 5.16. The van der Waals surface area contributed by atoms with E-state index in [1.807, 2.05) is 12.1 Å². The number of pyridine rings is 1. The molecule has 7 nitrogen and oxygen atoms in total. The summed E-state index contributed by atoms with van der Waals surface area (Å²) in [5, 5.41) is 4.10. The number of nitrogens with zero attached hydrogens (tertiary/aromatic N) is 5. The molecule has 1 atom stereocenters. The number of nitrogens with two attached hydrogens (primary N) is 1. The summed E-state index contributed by atoms with van der Waals surface area (Å²) in [7, 11) is 4.17. The van der Waals surface area contributed by atoms with Gasteiger partial charge in [0.05, 0.1) is 6.04 Å². The van der Waals surface area contributed by atoms with Crippen molar-refractivity contribution >= 4 is 5.82 Å². The van der Waals surface area contributed by atoms with E-state index >= 15 is 0 Å². The lowest BCUT2D eigenvalue weighted by Crippen LogP contribution is -2.45. The van der Waals surface area contributed by atoms with Crippen LogP contribution >= 0.6 is 0 Å². The molecule has 2 aromatic heterocycles. The van der Waals surface area contributed by atoms with Crippen molar-refractivity contribution in [2.75, 3.05) is 39.5 Å². The Morgan fingerprint density at radius 2 is 2.10 bits per heavy atom. The fourth-order valence-electron chi connectivity index (χ4n) is 2.33. The van der Waals surface area contributed by atoms with E-state index in [4.69, 9.17) is 10.3 Å². The summed E-state index contributed by atoms with van der Waals surface area (Å²) < 4.78 is 5.32. The molecule has 1 aliphatic rings. The van der Waals surface area contributed by atoms with E-state index in [0.717, 1.165) is 19.6 Å². The molecule has 106 valence electrons. The van der Waals surface area contributed by atoms with Gasteiger partial charge in [-0.1, -0.05) is 11.2 Å². The normalized spacial score (nSPS) is 21.2. The van der Waals surface area contributed by atoms with Gasteiger partial charge in [-0.05, 0) is 26.2 Å². The SMILES string of the molecule is CN1CCN(C)C(c2noc(-c3cccc(N)n3)n2)C1. The van der Waals surface area contributed by atoms with Crippen LogP contribution in [-0.4, -0.2) is 58.7 Å². The highest BCUT2D eigenvalue weighted by molar-refractivity contribution is 5.50. The summed E-state index contributed by atoms with van der Waals surface area (Å²) in [6.07, 6.45) is 0. The van der Waals surface area contributed by atoms with Crippen LogP contribution < -0.4 is 5.73 Å². The van der Waals surface area contributed by atoms with Gasteiger partial charge in [0.2, 0.25) is 0 Å². The Hall–Kier alpha value is -1.99. The predicted molar refractivity (Wildman–Crippen MR) is 74.8 cm³/mol. The molecule has 2 N–H and O–H groups in total. The van der Waals surface area contributed by atoms with Crippen LogP contribution in [0.2, 0.25) is 0 Å². The van der Waals surface area contributed by atoms with Gasteiger partial charge in [-0.25, -0.2) is 4.98 Å². The molecule has 0 aliphatic carbocycles. The summed E-state index contributed by atoms with van der Waals surface area (Å²) >= 11 is 0. The van der Waals surface area contributed by atoms with Crippen LogP contribution in [-0.2, 0) is 0 Å². The highest BCUT2D eigenvalue weighted by Gasteiger charge is 2.28. The van der Waals surface area contributed by atoms with Gasteiger partial charge in [-0.3, -0.25) is 4.90 Å². The minimum atomic E-state index is 0.146. The Balaban J connectivity index is 1.86. The van der Waals surface area contributed by atoms with Crippen LogP contribution in [0.4, 0.5) is 5.82 Å². The molecule has 0 aromatic carbocycles. The molecule has 0 saturated carbocycles. The van der Waals surface area contributed by atoms with Crippen molar-refractivity contribution in [1.29, 1.82) is 0 Å². The molecule has 1 unspecified atom stereocenters. The largest absolute Gasteiger partial charge is 0.384 e. The molecule has 1 aliphatic heterocycles. The summed E-state index contributed by atoms with van der Waals surface area (Å²) in [6.45, 7) is 2.93. The minimum absolute atomic E-state index is 0.146. The molecular formula is C13H18N6O. The van der Waals surface area contributed by atoms with Gasteiger partial charge in [0, 0.05) is 19.6 Å². The fraction of sp³-hybridized carbons (Fsp3) is 0.462. The van der Waals surface area contributed by atoms with Crippen molar-refractivity contribution < 1.29 is 4.52 Å². The molecule has 20 heavy (non-hydrogen) atoms. The average molecular weight is 274 g/mol. The molecule has 0 amide bonds. The molecule has 3 rings (SSSR count). The maximum Gasteiger partial charge on any atom is 0.276 e. The van der Waals surface area contributed by atoms with Crippen LogP contribution in [0.25, 0.3) is 11.6 Å². The van der Waals surface area contributed by atoms with Crippen molar-refractivity contribution in [2.24, 2.45) is 0 Å². The van der Waals surface area contributed by atoms with Crippen LogP contribution in [0.1, 0.15) is 11.9 Å². The molecule has 1 saturated heterocycles. The second-order valence-corrected chi connectivity index (χ2v) is 5.16. The monoisotopic (exact) mass is 274 g/mol. The lowest BCUT2D eigenvalue weighted by molar-refractivity contribution is 0.108. The first kappa shape index (κ1) is 13.0. The standard InChI is InChI=1S/C13H18N6O/c1-18-6-7-19(2)10(8-18)12-16-13(20-17-12)9-4-3-5-11(14)15-9/h3-5,10H,6-8H2,1-2H3,(H2,14,15). The molecule has 7 heteroatoms. The van der Waals surface area contributed by atoms with Gasteiger partial charge >= 0.3 is 0 Å². The minimum Gasteiger partial charge on any atom is -0.384 e. The lowest BCUT2D eigenvalue weighted by atomic mass is 10.2. The number of nitrogen functional groups attached to an aromatic ring is 1. The zero-order valence-corrected chi connectivity index (χ0v) is 11.7. The van der Waals surface area contributed by atoms with Crippen LogP contribution in [0.5, 0.6) is 0 Å². The summed E-state index contributed by atoms with van der Waals surface area (Å²) in [4.78, 5) is 13.2. The van der Waals surface area contributed by atoms with Gasteiger partial charge in [0.25, 0.3) is 5.89 Å². The third-order valence-corrected chi connectivity index (χ3v) is 3.58. The van der Waals surface area contributed by atoms with Gasteiger partial charge in [0.15, 0.2) is 5.82 Å². The van der Waals surface area contributed by atoms with Gasteiger partial charge in [-0.15, -0.1) is 0 Å². The molecule has 3 heterocycles. The van der Waals surface area contributed by atoms with Gasteiger partial charge < -0.3 is 15.2 Å². The molecule has 2 aromatic rings.